The summed E-state index contributed by atoms with van der Waals surface area (Å²) in [4.78, 5) is 0. The third-order valence-electron chi connectivity index (χ3n) is 4.70. The predicted octanol–water partition coefficient (Wildman–Crippen LogP) is 4.59. The summed E-state index contributed by atoms with van der Waals surface area (Å²) in [6, 6.07) is 13.6. The van der Waals surface area contributed by atoms with E-state index in [0.717, 1.165) is 0 Å². The van der Waals surface area contributed by atoms with Crippen molar-refractivity contribution >= 4 is 11.3 Å². The molecule has 0 bridgehead atoms. The van der Waals surface area contributed by atoms with Crippen molar-refractivity contribution in [3.05, 3.63) is 58.3 Å². The van der Waals surface area contributed by atoms with Crippen LogP contribution in [0.1, 0.15) is 42.7 Å². The molecule has 1 aromatic heterocycles. The van der Waals surface area contributed by atoms with Gasteiger partial charge in [0.2, 0.25) is 0 Å². The molecule has 1 nitrogen and oxygen atoms in total. The van der Waals surface area contributed by atoms with Gasteiger partial charge in [-0.3, -0.25) is 0 Å². The Hall–Kier alpha value is -1.12. The lowest BCUT2D eigenvalue weighted by Crippen LogP contribution is -2.35. The van der Waals surface area contributed by atoms with Crippen LogP contribution < -0.4 is 5.73 Å². The smallest absolute Gasteiger partial charge is 0.00677 e. The number of hydrogen-bond donors (Lipinski definition) is 1. The Bertz CT molecular complexity index is 505. The molecule has 2 heteroatoms. The highest BCUT2D eigenvalue weighted by Gasteiger charge is 2.28. The van der Waals surface area contributed by atoms with Crippen LogP contribution in [0.25, 0.3) is 0 Å². The summed E-state index contributed by atoms with van der Waals surface area (Å²) < 4.78 is 0. The molecule has 1 heterocycles. The standard InChI is InChI=1S/C18H23NS/c19-18-9-8-16(15-4-2-1-3-5-15)12-17(18)7-6-14-10-11-20-13-14/h1-5,10-11,13,16-18H,6-9,12,19H2. The van der Waals surface area contributed by atoms with Gasteiger partial charge in [0.1, 0.15) is 0 Å². The van der Waals surface area contributed by atoms with E-state index in [1.807, 2.05) is 0 Å². The summed E-state index contributed by atoms with van der Waals surface area (Å²) in [5.41, 5.74) is 9.34. The lowest BCUT2D eigenvalue weighted by molar-refractivity contribution is 0.265. The molecule has 20 heavy (non-hydrogen) atoms. The minimum absolute atomic E-state index is 0.397. The van der Waals surface area contributed by atoms with Crippen molar-refractivity contribution in [1.82, 2.24) is 0 Å². The Balaban J connectivity index is 1.61. The quantitative estimate of drug-likeness (QED) is 0.873. The minimum Gasteiger partial charge on any atom is -0.327 e. The van der Waals surface area contributed by atoms with E-state index < -0.39 is 0 Å². The van der Waals surface area contributed by atoms with Gasteiger partial charge in [-0.2, -0.15) is 11.3 Å². The van der Waals surface area contributed by atoms with E-state index in [1.165, 1.54) is 43.2 Å². The van der Waals surface area contributed by atoms with Crippen molar-refractivity contribution in [2.24, 2.45) is 11.7 Å². The fourth-order valence-corrected chi connectivity index (χ4v) is 4.14. The highest BCUT2D eigenvalue weighted by molar-refractivity contribution is 7.07. The number of rotatable bonds is 4. The van der Waals surface area contributed by atoms with Gasteiger partial charge in [0.05, 0.1) is 0 Å². The molecule has 3 rings (SSSR count). The van der Waals surface area contributed by atoms with E-state index >= 15 is 0 Å². The van der Waals surface area contributed by atoms with E-state index in [9.17, 15) is 0 Å². The summed E-state index contributed by atoms with van der Waals surface area (Å²) in [5.74, 6) is 1.39. The van der Waals surface area contributed by atoms with E-state index in [0.29, 0.717) is 17.9 Å². The Labute approximate surface area is 125 Å². The molecule has 1 aliphatic carbocycles. The Kier molecular flexibility index (Phi) is 4.54. The van der Waals surface area contributed by atoms with Crippen LogP contribution in [0.2, 0.25) is 0 Å². The van der Waals surface area contributed by atoms with Crippen LogP contribution >= 0.6 is 11.3 Å². The molecule has 2 aromatic rings. The maximum atomic E-state index is 6.36. The Morgan fingerprint density at radius 2 is 1.95 bits per heavy atom. The van der Waals surface area contributed by atoms with Gasteiger partial charge in [0.15, 0.2) is 0 Å². The molecule has 2 N–H and O–H groups in total. The first-order valence-corrected chi connectivity index (χ1v) is 8.59. The zero-order valence-electron chi connectivity index (χ0n) is 11.9. The number of nitrogens with two attached hydrogens (primary N) is 1. The zero-order chi connectivity index (χ0) is 13.8. The fourth-order valence-electron chi connectivity index (χ4n) is 3.43. The van der Waals surface area contributed by atoms with E-state index in [2.05, 4.69) is 47.2 Å². The molecule has 3 atom stereocenters. The lowest BCUT2D eigenvalue weighted by Gasteiger charge is -2.34. The maximum absolute atomic E-state index is 6.36. The average Bonchev–Trinajstić information content (AvgIpc) is 3.01. The van der Waals surface area contributed by atoms with Crippen LogP contribution in [0.5, 0.6) is 0 Å². The molecule has 1 aromatic carbocycles. The summed E-state index contributed by atoms with van der Waals surface area (Å²) in [6.45, 7) is 0. The van der Waals surface area contributed by atoms with E-state index in [-0.39, 0.29) is 0 Å². The van der Waals surface area contributed by atoms with Crippen molar-refractivity contribution in [3.63, 3.8) is 0 Å². The Morgan fingerprint density at radius 1 is 1.10 bits per heavy atom. The first-order valence-electron chi connectivity index (χ1n) is 7.64. The maximum Gasteiger partial charge on any atom is 0.00677 e. The van der Waals surface area contributed by atoms with Gasteiger partial charge < -0.3 is 5.73 Å². The lowest BCUT2D eigenvalue weighted by atomic mass is 9.73. The molecule has 0 spiro atoms. The monoisotopic (exact) mass is 285 g/mol. The van der Waals surface area contributed by atoms with E-state index in [1.54, 1.807) is 11.3 Å². The van der Waals surface area contributed by atoms with Gasteiger partial charge >= 0.3 is 0 Å². The average molecular weight is 285 g/mol. The van der Waals surface area contributed by atoms with Crippen LogP contribution in [0.15, 0.2) is 47.2 Å². The molecular formula is C18H23NS. The van der Waals surface area contributed by atoms with Gasteiger partial charge in [-0.05, 0) is 71.9 Å². The van der Waals surface area contributed by atoms with Crippen LogP contribution in [0, 0.1) is 5.92 Å². The van der Waals surface area contributed by atoms with Crippen LogP contribution in [0.3, 0.4) is 0 Å². The van der Waals surface area contributed by atoms with Gasteiger partial charge in [-0.15, -0.1) is 0 Å². The van der Waals surface area contributed by atoms with Crippen LogP contribution in [0.4, 0.5) is 0 Å². The molecule has 0 radical (unpaired) electrons. The molecular weight excluding hydrogens is 262 g/mol. The van der Waals surface area contributed by atoms with Crippen molar-refractivity contribution in [3.8, 4) is 0 Å². The molecule has 0 saturated heterocycles. The highest BCUT2D eigenvalue weighted by atomic mass is 32.1. The fraction of sp³-hybridized carbons (Fsp3) is 0.444. The number of benzene rings is 1. The van der Waals surface area contributed by atoms with E-state index in [4.69, 9.17) is 5.73 Å². The van der Waals surface area contributed by atoms with Gasteiger partial charge in [0, 0.05) is 6.04 Å². The topological polar surface area (TPSA) is 26.0 Å². The number of thiophene rings is 1. The molecule has 0 aliphatic heterocycles. The normalized spacial score (nSPS) is 26.6. The van der Waals surface area contributed by atoms with Crippen molar-refractivity contribution < 1.29 is 0 Å². The largest absolute Gasteiger partial charge is 0.327 e. The molecule has 106 valence electrons. The number of aryl methyl sites for hydroxylation is 1. The van der Waals surface area contributed by atoms with Crippen LogP contribution in [-0.2, 0) is 6.42 Å². The third kappa shape index (κ3) is 3.31. The second-order valence-electron chi connectivity index (χ2n) is 6.01. The predicted molar refractivity (Wildman–Crippen MR) is 87.1 cm³/mol. The first-order chi connectivity index (χ1) is 9.83. The third-order valence-corrected chi connectivity index (χ3v) is 5.43. The molecule has 1 saturated carbocycles. The molecule has 1 aliphatic rings. The second kappa shape index (κ2) is 6.55. The summed E-state index contributed by atoms with van der Waals surface area (Å²) in [6.07, 6.45) is 6.11. The highest BCUT2D eigenvalue weighted by Crippen LogP contribution is 2.37. The van der Waals surface area contributed by atoms with Crippen molar-refractivity contribution in [2.45, 2.75) is 44.1 Å². The zero-order valence-corrected chi connectivity index (χ0v) is 12.7. The summed E-state index contributed by atoms with van der Waals surface area (Å²) in [7, 11) is 0. The van der Waals surface area contributed by atoms with Gasteiger partial charge in [0.25, 0.3) is 0 Å². The van der Waals surface area contributed by atoms with Crippen molar-refractivity contribution in [1.29, 1.82) is 0 Å². The summed E-state index contributed by atoms with van der Waals surface area (Å²) >= 11 is 1.79. The molecule has 3 unspecified atom stereocenters. The number of hydrogen-bond acceptors (Lipinski definition) is 2. The minimum atomic E-state index is 0.397. The Morgan fingerprint density at radius 3 is 2.70 bits per heavy atom. The summed E-state index contributed by atoms with van der Waals surface area (Å²) in [5, 5.41) is 4.44. The first kappa shape index (κ1) is 13.8. The molecule has 0 amide bonds. The van der Waals surface area contributed by atoms with Crippen molar-refractivity contribution in [2.75, 3.05) is 0 Å². The van der Waals surface area contributed by atoms with Gasteiger partial charge in [-0.25, -0.2) is 0 Å². The molecule has 1 fully saturated rings. The van der Waals surface area contributed by atoms with Gasteiger partial charge in [-0.1, -0.05) is 30.3 Å². The SMILES string of the molecule is NC1CCC(c2ccccc2)CC1CCc1ccsc1. The second-order valence-corrected chi connectivity index (χ2v) is 6.79. The van der Waals surface area contributed by atoms with Crippen LogP contribution in [-0.4, -0.2) is 6.04 Å².